The van der Waals surface area contributed by atoms with E-state index in [1.54, 1.807) is 6.07 Å². The quantitative estimate of drug-likeness (QED) is 0.258. The summed E-state index contributed by atoms with van der Waals surface area (Å²) >= 11 is 1.40. The first-order chi connectivity index (χ1) is 20.6. The molecule has 1 saturated carbocycles. The Balaban J connectivity index is 1.16. The second-order valence-corrected chi connectivity index (χ2v) is 14.5. The molecule has 0 spiro atoms. The third-order valence-corrected chi connectivity index (χ3v) is 10.9. The number of aromatic nitrogens is 2. The van der Waals surface area contributed by atoms with Crippen molar-refractivity contribution in [1.82, 2.24) is 15.3 Å². The van der Waals surface area contributed by atoms with Gasteiger partial charge in [0.15, 0.2) is 5.82 Å². The third kappa shape index (κ3) is 7.80. The predicted molar refractivity (Wildman–Crippen MR) is 174 cm³/mol. The van der Waals surface area contributed by atoms with Gasteiger partial charge in [-0.1, -0.05) is 77.3 Å². The van der Waals surface area contributed by atoms with Crippen molar-refractivity contribution in [2.24, 2.45) is 17.8 Å². The smallest absolute Gasteiger partial charge is 0.326 e. The van der Waals surface area contributed by atoms with Gasteiger partial charge in [0.2, 0.25) is 0 Å². The van der Waals surface area contributed by atoms with Gasteiger partial charge in [0.25, 0.3) is 5.91 Å². The highest BCUT2D eigenvalue weighted by Crippen LogP contribution is 2.41. The van der Waals surface area contributed by atoms with E-state index < -0.39 is 12.0 Å². The average molecular weight is 600 g/mol. The van der Waals surface area contributed by atoms with Gasteiger partial charge in [0.05, 0.1) is 4.88 Å². The molecule has 0 saturated heterocycles. The number of nitrogens with one attached hydrogen (secondary N) is 1. The van der Waals surface area contributed by atoms with E-state index in [0.29, 0.717) is 10.7 Å². The molecule has 0 aliphatic heterocycles. The summed E-state index contributed by atoms with van der Waals surface area (Å²) in [7, 11) is 0. The second kappa shape index (κ2) is 13.5. The fraction of sp³-hybridized carbons (Fsp3) is 0.500. The van der Waals surface area contributed by atoms with Crippen LogP contribution in [0, 0.1) is 17.8 Å². The van der Waals surface area contributed by atoms with E-state index in [9.17, 15) is 14.7 Å². The van der Waals surface area contributed by atoms with Gasteiger partial charge in [0, 0.05) is 34.8 Å². The van der Waals surface area contributed by atoms with Crippen LogP contribution in [0.1, 0.15) is 105 Å². The van der Waals surface area contributed by atoms with Crippen LogP contribution < -0.4 is 5.32 Å². The highest BCUT2D eigenvalue weighted by Gasteiger charge is 2.28. The summed E-state index contributed by atoms with van der Waals surface area (Å²) in [5.74, 6) is 1.90. The number of carboxylic acids is 1. The van der Waals surface area contributed by atoms with Crippen molar-refractivity contribution in [3.63, 3.8) is 0 Å². The van der Waals surface area contributed by atoms with Crippen molar-refractivity contribution in [1.29, 1.82) is 0 Å². The zero-order chi connectivity index (χ0) is 30.6. The topological polar surface area (TPSA) is 92.2 Å². The normalized spacial score (nSPS) is 21.6. The zero-order valence-corrected chi connectivity index (χ0v) is 26.8. The Morgan fingerprint density at radius 1 is 0.953 bits per heavy atom. The number of amides is 1. The highest BCUT2D eigenvalue weighted by atomic mass is 32.1. The van der Waals surface area contributed by atoms with Crippen LogP contribution >= 0.6 is 11.3 Å². The van der Waals surface area contributed by atoms with E-state index >= 15 is 0 Å². The Morgan fingerprint density at radius 2 is 1.65 bits per heavy atom. The van der Waals surface area contributed by atoms with Crippen LogP contribution in [-0.4, -0.2) is 33.0 Å². The molecule has 228 valence electrons. The Hall–Kier alpha value is -3.32. The van der Waals surface area contributed by atoms with Crippen LogP contribution in [0.5, 0.6) is 0 Å². The Kier molecular flexibility index (Phi) is 9.80. The predicted octanol–water partition coefficient (Wildman–Crippen LogP) is 8.33. The zero-order valence-electron chi connectivity index (χ0n) is 25.9. The molecule has 5 rings (SSSR count). The maximum atomic E-state index is 12.8. The highest BCUT2D eigenvalue weighted by molar-refractivity contribution is 7.14. The molecule has 2 aliphatic carbocycles. The Labute approximate surface area is 260 Å². The summed E-state index contributed by atoms with van der Waals surface area (Å²) in [6.45, 7) is 8.60. The molecule has 3 aromatic rings. The van der Waals surface area contributed by atoms with Gasteiger partial charge in [-0.3, -0.25) is 4.79 Å². The van der Waals surface area contributed by atoms with Crippen LogP contribution in [0.4, 0.5) is 0 Å². The molecular formula is C36H45N3O3S. The monoisotopic (exact) mass is 599 g/mol. The molecule has 7 heteroatoms. The van der Waals surface area contributed by atoms with Crippen LogP contribution in [0.15, 0.2) is 54.9 Å². The number of carbonyl (C=O) groups is 2. The summed E-state index contributed by atoms with van der Waals surface area (Å²) in [5.41, 5.74) is 4.10. The molecule has 0 bridgehead atoms. The number of carbonyl (C=O) groups excluding carboxylic acids is 1. The molecule has 2 N–H and O–H groups in total. The number of carboxylic acid groups (broad SMARTS) is 1. The van der Waals surface area contributed by atoms with Gasteiger partial charge in [-0.15, -0.1) is 11.3 Å². The first-order valence-corrected chi connectivity index (χ1v) is 16.7. The van der Waals surface area contributed by atoms with E-state index in [-0.39, 0.29) is 17.7 Å². The molecule has 1 fully saturated rings. The average Bonchev–Trinajstić information content (AvgIpc) is 3.53. The molecule has 1 aromatic carbocycles. The minimum atomic E-state index is -1.06. The van der Waals surface area contributed by atoms with Gasteiger partial charge in [-0.25, -0.2) is 14.8 Å². The number of hydrogen-bond donors (Lipinski definition) is 2. The molecule has 2 aromatic heterocycles. The SMILES string of the molecule is CCC1CCC(C2CC=C(c3cnc(-c4ccc(C[C@H](NC(=O)c5ccc(C(C)(C)C)s5)C(=O)O)cc4)nc3)CC2)CC1. The molecule has 1 unspecified atom stereocenters. The fourth-order valence-corrected chi connectivity index (χ4v) is 7.54. The minimum absolute atomic E-state index is 0.0646. The molecule has 2 atom stereocenters. The van der Waals surface area contributed by atoms with Crippen LogP contribution in [0.3, 0.4) is 0 Å². The molecule has 43 heavy (non-hydrogen) atoms. The standard InChI is InChI=1S/C36H45N3O3S/c1-5-23-6-10-25(11-7-23)26-14-16-27(17-15-26)29-21-37-33(38-22-29)28-12-8-24(9-13-28)20-30(35(41)42)39-34(40)31-18-19-32(43-31)36(2,3)4/h8-9,12-13,16,18-19,21-23,25-26,30H,5-7,10-11,14-15,17,20H2,1-4H3,(H,39,40)(H,41,42)/t23?,25?,26?,30-/m0/s1. The summed E-state index contributed by atoms with van der Waals surface area (Å²) in [5, 5.41) is 12.5. The summed E-state index contributed by atoms with van der Waals surface area (Å²) in [4.78, 5) is 35.7. The molecular weight excluding hydrogens is 554 g/mol. The maximum Gasteiger partial charge on any atom is 0.326 e. The number of thiophene rings is 1. The first-order valence-electron chi connectivity index (χ1n) is 15.9. The number of aliphatic carboxylic acids is 1. The summed E-state index contributed by atoms with van der Waals surface area (Å²) in [6.07, 6.45) is 17.0. The van der Waals surface area contributed by atoms with E-state index in [1.165, 1.54) is 61.9 Å². The van der Waals surface area contributed by atoms with Crippen LogP contribution in [0.2, 0.25) is 0 Å². The van der Waals surface area contributed by atoms with Crippen LogP contribution in [0.25, 0.3) is 17.0 Å². The maximum absolute atomic E-state index is 12.8. The summed E-state index contributed by atoms with van der Waals surface area (Å²) in [6, 6.07) is 10.3. The third-order valence-electron chi connectivity index (χ3n) is 9.43. The van der Waals surface area contributed by atoms with Crippen molar-refractivity contribution < 1.29 is 14.7 Å². The van der Waals surface area contributed by atoms with Crippen molar-refractivity contribution in [2.45, 2.75) is 96.9 Å². The molecule has 2 heterocycles. The lowest BCUT2D eigenvalue weighted by Crippen LogP contribution is -2.42. The lowest BCUT2D eigenvalue weighted by molar-refractivity contribution is -0.139. The van der Waals surface area contributed by atoms with Gasteiger partial charge in [-0.05, 0) is 78.5 Å². The molecule has 2 aliphatic rings. The number of nitrogens with zero attached hydrogens (tertiary/aromatic N) is 2. The van der Waals surface area contributed by atoms with Gasteiger partial charge in [-0.2, -0.15) is 0 Å². The van der Waals surface area contributed by atoms with E-state index in [4.69, 9.17) is 0 Å². The lowest BCUT2D eigenvalue weighted by atomic mass is 9.71. The number of benzene rings is 1. The number of allylic oxidation sites excluding steroid dienone is 2. The van der Waals surface area contributed by atoms with E-state index in [1.807, 2.05) is 42.7 Å². The summed E-state index contributed by atoms with van der Waals surface area (Å²) < 4.78 is 0. The Bertz CT molecular complexity index is 1430. The second-order valence-electron chi connectivity index (χ2n) is 13.4. The first kappa shape index (κ1) is 31.1. The van der Waals surface area contributed by atoms with E-state index in [2.05, 4.69) is 49.1 Å². The molecule has 1 amide bonds. The van der Waals surface area contributed by atoms with Crippen molar-refractivity contribution in [3.05, 3.63) is 75.7 Å². The van der Waals surface area contributed by atoms with Crippen molar-refractivity contribution in [2.75, 3.05) is 0 Å². The Morgan fingerprint density at radius 3 is 2.21 bits per heavy atom. The largest absolute Gasteiger partial charge is 0.480 e. The van der Waals surface area contributed by atoms with Crippen molar-refractivity contribution in [3.8, 4) is 11.4 Å². The lowest BCUT2D eigenvalue weighted by Gasteiger charge is -2.35. The number of rotatable bonds is 9. The van der Waals surface area contributed by atoms with Gasteiger partial charge in [0.1, 0.15) is 6.04 Å². The minimum Gasteiger partial charge on any atom is -0.480 e. The van der Waals surface area contributed by atoms with Crippen LogP contribution in [-0.2, 0) is 16.6 Å². The number of hydrogen-bond acceptors (Lipinski definition) is 5. The molecule has 6 nitrogen and oxygen atoms in total. The van der Waals surface area contributed by atoms with Gasteiger partial charge < -0.3 is 10.4 Å². The van der Waals surface area contributed by atoms with Crippen molar-refractivity contribution >= 4 is 28.8 Å². The van der Waals surface area contributed by atoms with E-state index in [0.717, 1.165) is 45.7 Å². The van der Waals surface area contributed by atoms with Gasteiger partial charge >= 0.3 is 5.97 Å². The fourth-order valence-electron chi connectivity index (χ4n) is 6.57. The molecule has 0 radical (unpaired) electrons.